The minimum atomic E-state index is 0.234. The maximum absolute atomic E-state index is 10.3. The molecule has 0 N–H and O–H groups in total. The van der Waals surface area contributed by atoms with E-state index in [2.05, 4.69) is 13.8 Å². The summed E-state index contributed by atoms with van der Waals surface area (Å²) in [7, 11) is 0. The molecule has 0 spiro atoms. The molecule has 0 saturated carbocycles. The maximum atomic E-state index is 10.3. The van der Waals surface area contributed by atoms with Crippen LogP contribution in [0.5, 0.6) is 0 Å². The highest BCUT2D eigenvalue weighted by Gasteiger charge is 2.30. The van der Waals surface area contributed by atoms with Crippen molar-refractivity contribution in [3.05, 3.63) is 0 Å². The van der Waals surface area contributed by atoms with Crippen LogP contribution in [0.1, 0.15) is 13.8 Å². The van der Waals surface area contributed by atoms with Gasteiger partial charge >= 0.3 is 12.8 Å². The molecule has 1 aliphatic rings. The van der Waals surface area contributed by atoms with Crippen molar-refractivity contribution in [2.75, 3.05) is 6.61 Å². The van der Waals surface area contributed by atoms with Crippen LogP contribution in [0.25, 0.3) is 0 Å². The van der Waals surface area contributed by atoms with E-state index in [0.717, 1.165) is 6.41 Å². The van der Waals surface area contributed by atoms with Gasteiger partial charge in [-0.25, -0.2) is 4.79 Å². The SMILES string of the molecule is CC(C)C1COC=[N+]1C=O. The average molecular weight is 142 g/mol. The number of carbonyl (C=O) groups excluding carboxylic acids is 1. The topological polar surface area (TPSA) is 29.3 Å². The zero-order valence-corrected chi connectivity index (χ0v) is 6.28. The molecule has 0 aromatic carbocycles. The van der Waals surface area contributed by atoms with Gasteiger partial charge in [-0.05, 0) is 0 Å². The van der Waals surface area contributed by atoms with Crippen molar-refractivity contribution in [3.63, 3.8) is 0 Å². The van der Waals surface area contributed by atoms with E-state index in [9.17, 15) is 4.79 Å². The minimum absolute atomic E-state index is 0.234. The summed E-state index contributed by atoms with van der Waals surface area (Å²) >= 11 is 0. The second kappa shape index (κ2) is 2.82. The van der Waals surface area contributed by atoms with Crippen LogP contribution >= 0.6 is 0 Å². The Labute approximate surface area is 60.3 Å². The Kier molecular flexibility index (Phi) is 2.04. The molecule has 0 aromatic heterocycles. The molecule has 1 amide bonds. The molecule has 0 bridgehead atoms. The number of hydrogen-bond acceptors (Lipinski definition) is 2. The molecule has 1 heterocycles. The van der Waals surface area contributed by atoms with E-state index in [0.29, 0.717) is 12.5 Å². The van der Waals surface area contributed by atoms with Crippen molar-refractivity contribution in [1.82, 2.24) is 0 Å². The standard InChI is InChI=1S/C7H12NO2/c1-6(2)7-3-10-5-8(7)4-9/h4-7H,3H2,1-2H3/q+1. The number of amides is 1. The fourth-order valence-electron chi connectivity index (χ4n) is 1.03. The molecule has 0 saturated heterocycles. The fraction of sp³-hybridized carbons (Fsp3) is 0.714. The summed E-state index contributed by atoms with van der Waals surface area (Å²) in [6.45, 7) is 4.78. The molecule has 56 valence electrons. The normalized spacial score (nSPS) is 24.3. The molecular formula is C7H12NO2+. The smallest absolute Gasteiger partial charge is 0.377 e. The van der Waals surface area contributed by atoms with Crippen LogP contribution in [0.15, 0.2) is 0 Å². The number of nitrogens with zero attached hydrogens (tertiary/aromatic N) is 1. The van der Waals surface area contributed by atoms with E-state index in [-0.39, 0.29) is 6.04 Å². The summed E-state index contributed by atoms with van der Waals surface area (Å²) in [6, 6.07) is 0.234. The first-order valence-electron chi connectivity index (χ1n) is 3.43. The van der Waals surface area contributed by atoms with Gasteiger partial charge in [-0.2, -0.15) is 0 Å². The van der Waals surface area contributed by atoms with E-state index in [1.54, 1.807) is 4.58 Å². The molecule has 0 radical (unpaired) electrons. The van der Waals surface area contributed by atoms with Gasteiger partial charge in [0.15, 0.2) is 6.61 Å². The second-order valence-electron chi connectivity index (χ2n) is 2.80. The van der Waals surface area contributed by atoms with Crippen molar-refractivity contribution in [2.24, 2.45) is 5.92 Å². The van der Waals surface area contributed by atoms with Gasteiger partial charge in [-0.1, -0.05) is 13.8 Å². The van der Waals surface area contributed by atoms with E-state index in [4.69, 9.17) is 4.74 Å². The van der Waals surface area contributed by atoms with Crippen molar-refractivity contribution < 1.29 is 14.1 Å². The zero-order chi connectivity index (χ0) is 7.56. The summed E-state index contributed by atoms with van der Waals surface area (Å²) in [5.74, 6) is 0.462. The van der Waals surface area contributed by atoms with Crippen molar-refractivity contribution in [3.8, 4) is 0 Å². The minimum Gasteiger partial charge on any atom is -0.443 e. The zero-order valence-electron chi connectivity index (χ0n) is 6.28. The molecule has 0 fully saturated rings. The summed E-state index contributed by atoms with van der Waals surface area (Å²) in [5, 5.41) is 0. The predicted octanol–water partition coefficient (Wildman–Crippen LogP) is 0.238. The Morgan fingerprint density at radius 2 is 2.50 bits per heavy atom. The highest BCUT2D eigenvalue weighted by molar-refractivity contribution is 5.51. The quantitative estimate of drug-likeness (QED) is 0.408. The first-order valence-corrected chi connectivity index (χ1v) is 3.43. The van der Waals surface area contributed by atoms with E-state index in [1.165, 1.54) is 6.40 Å². The lowest BCUT2D eigenvalue weighted by atomic mass is 10.1. The first-order chi connectivity index (χ1) is 4.75. The van der Waals surface area contributed by atoms with Gasteiger partial charge in [-0.15, -0.1) is 4.58 Å². The van der Waals surface area contributed by atoms with Crippen LogP contribution in [-0.4, -0.2) is 30.0 Å². The number of carbonyl (C=O) groups is 1. The van der Waals surface area contributed by atoms with Crippen LogP contribution < -0.4 is 0 Å². The van der Waals surface area contributed by atoms with Gasteiger partial charge < -0.3 is 4.74 Å². The molecule has 1 atom stereocenters. The Morgan fingerprint density at radius 3 is 2.90 bits per heavy atom. The Balaban J connectivity index is 2.62. The molecule has 3 heteroatoms. The summed E-state index contributed by atoms with van der Waals surface area (Å²) in [5.41, 5.74) is 0. The summed E-state index contributed by atoms with van der Waals surface area (Å²) in [6.07, 6.45) is 2.29. The van der Waals surface area contributed by atoms with E-state index < -0.39 is 0 Å². The number of rotatable bonds is 2. The molecule has 0 aliphatic carbocycles. The van der Waals surface area contributed by atoms with Crippen LogP contribution in [0.4, 0.5) is 0 Å². The third-order valence-corrected chi connectivity index (χ3v) is 1.74. The number of hydrogen-bond donors (Lipinski definition) is 0. The van der Waals surface area contributed by atoms with Crippen LogP contribution in [0.3, 0.4) is 0 Å². The molecule has 1 unspecified atom stereocenters. The lowest BCUT2D eigenvalue weighted by Gasteiger charge is -2.05. The molecule has 0 aromatic rings. The van der Waals surface area contributed by atoms with Crippen molar-refractivity contribution in [2.45, 2.75) is 19.9 Å². The van der Waals surface area contributed by atoms with Crippen molar-refractivity contribution >= 4 is 12.8 Å². The first kappa shape index (κ1) is 7.25. The molecule has 1 rings (SSSR count). The van der Waals surface area contributed by atoms with Crippen molar-refractivity contribution in [1.29, 1.82) is 0 Å². The lowest BCUT2D eigenvalue weighted by Crippen LogP contribution is -2.28. The third kappa shape index (κ3) is 1.17. The second-order valence-corrected chi connectivity index (χ2v) is 2.80. The van der Waals surface area contributed by atoms with E-state index >= 15 is 0 Å². The van der Waals surface area contributed by atoms with Crippen LogP contribution in [-0.2, 0) is 9.53 Å². The lowest BCUT2D eigenvalue weighted by molar-refractivity contribution is -0.467. The highest BCUT2D eigenvalue weighted by atomic mass is 16.5. The van der Waals surface area contributed by atoms with Gasteiger partial charge in [0, 0.05) is 5.92 Å². The molecule has 1 aliphatic heterocycles. The van der Waals surface area contributed by atoms with Gasteiger partial charge in [-0.3, -0.25) is 0 Å². The third-order valence-electron chi connectivity index (χ3n) is 1.74. The highest BCUT2D eigenvalue weighted by Crippen LogP contribution is 2.08. The largest absolute Gasteiger partial charge is 0.443 e. The maximum Gasteiger partial charge on any atom is 0.377 e. The summed E-state index contributed by atoms with van der Waals surface area (Å²) in [4.78, 5) is 10.3. The molecular weight excluding hydrogens is 130 g/mol. The average Bonchev–Trinajstić information content (AvgIpc) is 2.33. The monoisotopic (exact) mass is 142 g/mol. The van der Waals surface area contributed by atoms with Gasteiger partial charge in [0.25, 0.3) is 0 Å². The van der Waals surface area contributed by atoms with Gasteiger partial charge in [0.2, 0.25) is 6.04 Å². The van der Waals surface area contributed by atoms with Crippen LogP contribution in [0.2, 0.25) is 0 Å². The van der Waals surface area contributed by atoms with Crippen LogP contribution in [0, 0.1) is 5.92 Å². The number of ether oxygens (including phenoxy) is 1. The predicted molar refractivity (Wildman–Crippen MR) is 37.0 cm³/mol. The fourth-order valence-corrected chi connectivity index (χ4v) is 1.03. The Hall–Kier alpha value is -0.860. The van der Waals surface area contributed by atoms with Gasteiger partial charge in [0.1, 0.15) is 0 Å². The molecule has 3 nitrogen and oxygen atoms in total. The Morgan fingerprint density at radius 1 is 1.80 bits per heavy atom. The molecule has 10 heavy (non-hydrogen) atoms. The van der Waals surface area contributed by atoms with Gasteiger partial charge in [0.05, 0.1) is 0 Å². The summed E-state index contributed by atoms with van der Waals surface area (Å²) < 4.78 is 6.57. The Bertz CT molecular complexity index is 163. The van der Waals surface area contributed by atoms with E-state index in [1.807, 2.05) is 0 Å².